The van der Waals surface area contributed by atoms with Crippen molar-refractivity contribution in [2.45, 2.75) is 71.3 Å². The molecule has 0 bridgehead atoms. The molecule has 1 N–H and O–H groups in total. The van der Waals surface area contributed by atoms with Crippen LogP contribution in [-0.2, 0) is 22.4 Å². The standard InChI is InChI=1S/C29H32N4O5S/c1-4-38-28(35)24-18-10-5-6-11-22(18)39-27(24)32-20-13-29(2,3)14-21(34)25(20)23(19(15-30)26(32)31)16-8-7-9-17(12-16)33(36)37/h7-9,12,19-20,23,25,31H,4-6,10-11,13-14H2,1-3H3. The number of esters is 1. The largest absolute Gasteiger partial charge is 0.462 e. The van der Waals surface area contributed by atoms with E-state index < -0.39 is 34.7 Å². The van der Waals surface area contributed by atoms with Crippen LogP contribution in [-0.4, -0.2) is 35.2 Å². The molecule has 2 heterocycles. The van der Waals surface area contributed by atoms with Crippen LogP contribution in [0.2, 0.25) is 0 Å². The average molecular weight is 549 g/mol. The van der Waals surface area contributed by atoms with Crippen LogP contribution in [0.3, 0.4) is 0 Å². The summed E-state index contributed by atoms with van der Waals surface area (Å²) in [7, 11) is 0. The summed E-state index contributed by atoms with van der Waals surface area (Å²) in [4.78, 5) is 41.1. The van der Waals surface area contributed by atoms with Crippen molar-refractivity contribution >= 4 is 39.6 Å². The molecule has 5 rings (SSSR count). The number of carbonyl (C=O) groups is 2. The number of piperidine rings is 1. The number of rotatable bonds is 5. The number of ether oxygens (including phenoxy) is 1. The van der Waals surface area contributed by atoms with E-state index >= 15 is 0 Å². The van der Waals surface area contributed by atoms with Crippen molar-refractivity contribution in [1.82, 2.24) is 0 Å². The molecule has 0 radical (unpaired) electrons. The normalized spacial score (nSPS) is 25.8. The third kappa shape index (κ3) is 4.63. The van der Waals surface area contributed by atoms with Crippen molar-refractivity contribution in [3.8, 4) is 6.07 Å². The second-order valence-corrected chi connectivity index (χ2v) is 12.5. The smallest absolute Gasteiger partial charge is 0.341 e. The third-order valence-electron chi connectivity index (χ3n) is 8.29. The molecule has 0 amide bonds. The lowest BCUT2D eigenvalue weighted by Crippen LogP contribution is -2.61. The van der Waals surface area contributed by atoms with Gasteiger partial charge in [0, 0.05) is 41.3 Å². The number of benzene rings is 1. The van der Waals surface area contributed by atoms with Gasteiger partial charge in [0.15, 0.2) is 0 Å². The molecule has 1 saturated heterocycles. The van der Waals surface area contributed by atoms with Gasteiger partial charge < -0.3 is 9.64 Å². The molecule has 1 aliphatic heterocycles. The zero-order valence-corrected chi connectivity index (χ0v) is 23.2. The van der Waals surface area contributed by atoms with Crippen LogP contribution in [0, 0.1) is 44.1 Å². The van der Waals surface area contributed by atoms with E-state index in [9.17, 15) is 30.4 Å². The number of hydrogen-bond acceptors (Lipinski definition) is 8. The van der Waals surface area contributed by atoms with Crippen LogP contribution in [0.4, 0.5) is 10.7 Å². The number of nitrogens with zero attached hydrogens (tertiary/aromatic N) is 3. The first kappa shape index (κ1) is 27.0. The first-order valence-electron chi connectivity index (χ1n) is 13.4. The summed E-state index contributed by atoms with van der Waals surface area (Å²) in [5.74, 6) is -2.82. The topological polar surface area (TPSA) is 137 Å². The Morgan fingerprint density at radius 3 is 2.74 bits per heavy atom. The predicted molar refractivity (Wildman–Crippen MR) is 147 cm³/mol. The first-order chi connectivity index (χ1) is 18.6. The van der Waals surface area contributed by atoms with E-state index in [1.165, 1.54) is 23.5 Å². The minimum absolute atomic E-state index is 0.0184. The number of nitro benzene ring substituents is 1. The number of nitro groups is 1. The van der Waals surface area contributed by atoms with E-state index in [1.807, 2.05) is 13.8 Å². The molecule has 0 spiro atoms. The Kier molecular flexibility index (Phi) is 7.06. The van der Waals surface area contributed by atoms with E-state index in [1.54, 1.807) is 24.0 Å². The maximum atomic E-state index is 13.9. The number of thiophene rings is 1. The molecule has 3 aliphatic rings. The second kappa shape index (κ2) is 10.2. The van der Waals surface area contributed by atoms with E-state index in [0.717, 1.165) is 36.1 Å². The van der Waals surface area contributed by atoms with Gasteiger partial charge in [-0.1, -0.05) is 26.0 Å². The van der Waals surface area contributed by atoms with Crippen molar-refractivity contribution in [3.63, 3.8) is 0 Å². The lowest BCUT2D eigenvalue weighted by Gasteiger charge is -2.53. The zero-order chi connectivity index (χ0) is 28.1. The van der Waals surface area contributed by atoms with E-state index in [2.05, 4.69) is 6.07 Å². The number of nitrogens with one attached hydrogen (secondary N) is 1. The first-order valence-corrected chi connectivity index (χ1v) is 14.3. The number of hydrogen-bond donors (Lipinski definition) is 1. The van der Waals surface area contributed by atoms with Crippen molar-refractivity contribution in [3.05, 3.63) is 55.9 Å². The molecule has 1 aromatic carbocycles. The molecule has 2 fully saturated rings. The summed E-state index contributed by atoms with van der Waals surface area (Å²) >= 11 is 1.47. The second-order valence-electron chi connectivity index (χ2n) is 11.5. The Hall–Kier alpha value is -3.58. The molecule has 2 aliphatic carbocycles. The van der Waals surface area contributed by atoms with Gasteiger partial charge in [-0.15, -0.1) is 11.3 Å². The molecule has 204 valence electrons. The summed E-state index contributed by atoms with van der Waals surface area (Å²) in [5.41, 5.74) is 1.46. The number of anilines is 1. The van der Waals surface area contributed by atoms with Gasteiger partial charge in [0.05, 0.1) is 23.2 Å². The Morgan fingerprint density at radius 2 is 2.05 bits per heavy atom. The Balaban J connectivity index is 1.71. The number of non-ortho nitro benzene ring substituents is 1. The molecule has 39 heavy (non-hydrogen) atoms. The van der Waals surface area contributed by atoms with Crippen molar-refractivity contribution < 1.29 is 19.2 Å². The number of Topliss-reactive ketones (excluding diaryl/α,β-unsaturated/α-hetero) is 1. The minimum atomic E-state index is -1.02. The Bertz CT molecular complexity index is 1410. The average Bonchev–Trinajstić information content (AvgIpc) is 3.26. The fourth-order valence-electron chi connectivity index (χ4n) is 6.75. The maximum absolute atomic E-state index is 13.9. The SMILES string of the molecule is CCOC(=O)c1c(N2C(=N)C(C#N)C(c3cccc([N+](=O)[O-])c3)C3C(=O)CC(C)(C)CC32)sc2c1CCCC2. The predicted octanol–water partition coefficient (Wildman–Crippen LogP) is 5.81. The molecule has 10 heteroatoms. The van der Waals surface area contributed by atoms with Crippen molar-refractivity contribution in [1.29, 1.82) is 10.7 Å². The van der Waals surface area contributed by atoms with E-state index in [4.69, 9.17) is 4.74 Å². The van der Waals surface area contributed by atoms with Crippen LogP contribution in [0.15, 0.2) is 24.3 Å². The number of amidine groups is 1. The monoisotopic (exact) mass is 548 g/mol. The molecule has 9 nitrogen and oxygen atoms in total. The Labute approximate surface area is 231 Å². The van der Waals surface area contributed by atoms with Gasteiger partial charge in [-0.2, -0.15) is 5.26 Å². The lowest BCUT2D eigenvalue weighted by molar-refractivity contribution is -0.384. The van der Waals surface area contributed by atoms with E-state index in [-0.39, 0.29) is 29.3 Å². The van der Waals surface area contributed by atoms with Crippen LogP contribution >= 0.6 is 11.3 Å². The molecular formula is C29H32N4O5S. The highest BCUT2D eigenvalue weighted by molar-refractivity contribution is 7.17. The summed E-state index contributed by atoms with van der Waals surface area (Å²) < 4.78 is 5.47. The zero-order valence-electron chi connectivity index (χ0n) is 22.4. The Morgan fingerprint density at radius 1 is 1.31 bits per heavy atom. The number of ketones is 1. The summed E-state index contributed by atoms with van der Waals surface area (Å²) in [5, 5.41) is 31.9. The fraction of sp³-hybridized carbons (Fsp3) is 0.517. The molecular weight excluding hydrogens is 516 g/mol. The highest BCUT2D eigenvalue weighted by Crippen LogP contribution is 2.53. The molecule has 4 unspecified atom stereocenters. The number of fused-ring (bicyclic) bond motifs is 2. The van der Waals surface area contributed by atoms with Gasteiger partial charge in [0.2, 0.25) is 0 Å². The molecule has 2 aromatic rings. The van der Waals surface area contributed by atoms with Crippen molar-refractivity contribution in [2.24, 2.45) is 17.3 Å². The van der Waals surface area contributed by atoms with Crippen molar-refractivity contribution in [2.75, 3.05) is 11.5 Å². The van der Waals surface area contributed by atoms with Gasteiger partial charge >= 0.3 is 5.97 Å². The van der Waals surface area contributed by atoms with Gasteiger partial charge in [0.1, 0.15) is 22.5 Å². The number of carbonyl (C=O) groups excluding carboxylic acids is 2. The highest BCUT2D eigenvalue weighted by Gasteiger charge is 2.56. The number of nitriles is 1. The van der Waals surface area contributed by atoms with Gasteiger partial charge in [-0.05, 0) is 55.6 Å². The summed E-state index contributed by atoms with van der Waals surface area (Å²) in [6.07, 6.45) is 4.44. The number of aryl methyl sites for hydroxylation is 1. The van der Waals surface area contributed by atoms with Crippen LogP contribution < -0.4 is 4.90 Å². The van der Waals surface area contributed by atoms with Crippen LogP contribution in [0.25, 0.3) is 0 Å². The molecule has 1 saturated carbocycles. The molecule has 1 aromatic heterocycles. The van der Waals surface area contributed by atoms with Crippen LogP contribution in [0.5, 0.6) is 0 Å². The summed E-state index contributed by atoms with van der Waals surface area (Å²) in [6, 6.07) is 7.87. The summed E-state index contributed by atoms with van der Waals surface area (Å²) in [6.45, 7) is 6.02. The van der Waals surface area contributed by atoms with Gasteiger partial charge in [-0.25, -0.2) is 4.79 Å². The quantitative estimate of drug-likeness (QED) is 0.283. The van der Waals surface area contributed by atoms with Crippen LogP contribution in [0.1, 0.15) is 78.7 Å². The minimum Gasteiger partial charge on any atom is -0.462 e. The van der Waals surface area contributed by atoms with E-state index in [0.29, 0.717) is 29.0 Å². The van der Waals surface area contributed by atoms with Gasteiger partial charge in [0.25, 0.3) is 5.69 Å². The van der Waals surface area contributed by atoms with Gasteiger partial charge in [-0.3, -0.25) is 20.3 Å². The molecule has 4 atom stereocenters. The highest BCUT2D eigenvalue weighted by atomic mass is 32.1. The third-order valence-corrected chi connectivity index (χ3v) is 9.58. The lowest BCUT2D eigenvalue weighted by atomic mass is 9.59. The maximum Gasteiger partial charge on any atom is 0.341 e. The fourth-order valence-corrected chi connectivity index (χ4v) is 8.20.